The van der Waals surface area contributed by atoms with Gasteiger partial charge in [-0.3, -0.25) is 9.36 Å². The van der Waals surface area contributed by atoms with E-state index in [4.69, 9.17) is 9.84 Å². The number of ether oxygens (including phenoxy) is 1. The second kappa shape index (κ2) is 9.03. The van der Waals surface area contributed by atoms with E-state index in [0.717, 1.165) is 16.6 Å². The molecule has 9 nitrogen and oxygen atoms in total. The Bertz CT molecular complexity index is 1070. The molecule has 1 aliphatic heterocycles. The number of carbonyl (C=O) groups is 1. The molecule has 0 radical (unpaired) electrons. The fourth-order valence-electron chi connectivity index (χ4n) is 3.85. The van der Waals surface area contributed by atoms with Crippen LogP contribution in [-0.2, 0) is 22.5 Å². The summed E-state index contributed by atoms with van der Waals surface area (Å²) in [4.78, 5) is 15.4. The molecule has 3 aromatic rings. The second-order valence-corrected chi connectivity index (χ2v) is 7.59. The van der Waals surface area contributed by atoms with Crippen LogP contribution >= 0.6 is 0 Å². The number of aliphatic hydroxyl groups excluding tert-OH is 3. The molecule has 5 N–H and O–H groups in total. The van der Waals surface area contributed by atoms with E-state index in [0.29, 0.717) is 24.4 Å². The van der Waals surface area contributed by atoms with Gasteiger partial charge in [-0.05, 0) is 29.7 Å². The standard InChI is InChI=1S/C22H25N3O6/c26-12-17-19(29)20(30)21(31-17)25-16-7-2-1-6-15(16)24-22(25)23-11-14-5-3-4-13(10-14)8-9-18(27)28/h1-7,10,17,19-21,26,29-30H,8-9,11-12H2,(H,23,24)(H,27,28)/t17-,19-,20-,21-/m1/s1. The highest BCUT2D eigenvalue weighted by Crippen LogP contribution is 2.35. The number of benzene rings is 2. The molecule has 0 spiro atoms. The zero-order chi connectivity index (χ0) is 22.0. The van der Waals surface area contributed by atoms with Crippen molar-refractivity contribution >= 4 is 23.0 Å². The van der Waals surface area contributed by atoms with Crippen LogP contribution in [0.2, 0.25) is 0 Å². The summed E-state index contributed by atoms with van der Waals surface area (Å²) in [5.74, 6) is -0.386. The third-order valence-electron chi connectivity index (χ3n) is 5.44. The second-order valence-electron chi connectivity index (χ2n) is 7.59. The number of aliphatic hydroxyl groups is 3. The molecule has 1 fully saturated rings. The molecule has 0 bridgehead atoms. The van der Waals surface area contributed by atoms with Crippen molar-refractivity contribution in [1.29, 1.82) is 0 Å². The van der Waals surface area contributed by atoms with Gasteiger partial charge in [0.2, 0.25) is 5.95 Å². The molecule has 9 heteroatoms. The molecule has 2 aromatic carbocycles. The lowest BCUT2D eigenvalue weighted by Gasteiger charge is -2.20. The number of nitrogens with zero attached hydrogens (tertiary/aromatic N) is 2. The number of carboxylic acid groups (broad SMARTS) is 1. The van der Waals surface area contributed by atoms with Crippen LogP contribution in [0.4, 0.5) is 5.95 Å². The van der Waals surface area contributed by atoms with Crippen molar-refractivity contribution in [3.63, 3.8) is 0 Å². The van der Waals surface area contributed by atoms with E-state index < -0.39 is 37.1 Å². The Morgan fingerprint density at radius 2 is 1.87 bits per heavy atom. The van der Waals surface area contributed by atoms with E-state index in [-0.39, 0.29) is 6.42 Å². The molecule has 0 aliphatic carbocycles. The Kier molecular flexibility index (Phi) is 6.19. The molecule has 1 aliphatic rings. The summed E-state index contributed by atoms with van der Waals surface area (Å²) in [5.41, 5.74) is 3.29. The number of nitrogens with one attached hydrogen (secondary N) is 1. The first kappa shape index (κ1) is 21.3. The van der Waals surface area contributed by atoms with Crippen molar-refractivity contribution in [1.82, 2.24) is 9.55 Å². The number of hydrogen-bond acceptors (Lipinski definition) is 7. The van der Waals surface area contributed by atoms with Crippen LogP contribution in [0, 0.1) is 0 Å². The summed E-state index contributed by atoms with van der Waals surface area (Å²) in [6.07, 6.45) is -3.73. The Morgan fingerprint density at radius 1 is 1.10 bits per heavy atom. The zero-order valence-corrected chi connectivity index (χ0v) is 16.8. The van der Waals surface area contributed by atoms with Gasteiger partial charge in [-0.2, -0.15) is 0 Å². The molecule has 4 rings (SSSR count). The van der Waals surface area contributed by atoms with Crippen molar-refractivity contribution in [2.24, 2.45) is 0 Å². The van der Waals surface area contributed by atoms with Gasteiger partial charge in [-0.15, -0.1) is 0 Å². The molecule has 164 valence electrons. The molecule has 4 atom stereocenters. The number of rotatable bonds is 8. The normalized spacial score (nSPS) is 23.3. The quantitative estimate of drug-likeness (QED) is 0.363. The number of aromatic nitrogens is 2. The fraction of sp³-hybridized carbons (Fsp3) is 0.364. The number of fused-ring (bicyclic) bond motifs is 1. The van der Waals surface area contributed by atoms with Crippen LogP contribution < -0.4 is 5.32 Å². The third kappa shape index (κ3) is 4.40. The number of aryl methyl sites for hydroxylation is 1. The maximum Gasteiger partial charge on any atom is 0.303 e. The fourth-order valence-corrected chi connectivity index (χ4v) is 3.85. The van der Waals surface area contributed by atoms with Crippen LogP contribution in [0.5, 0.6) is 0 Å². The summed E-state index contributed by atoms with van der Waals surface area (Å²) in [7, 11) is 0. The lowest BCUT2D eigenvalue weighted by Crippen LogP contribution is -2.33. The van der Waals surface area contributed by atoms with Gasteiger partial charge < -0.3 is 30.5 Å². The lowest BCUT2D eigenvalue weighted by molar-refractivity contribution is -0.136. The van der Waals surface area contributed by atoms with Gasteiger partial charge in [0.1, 0.15) is 18.3 Å². The smallest absolute Gasteiger partial charge is 0.303 e. The maximum atomic E-state index is 10.8. The summed E-state index contributed by atoms with van der Waals surface area (Å²) in [5, 5.41) is 42.3. The molecule has 0 saturated carbocycles. The van der Waals surface area contributed by atoms with Crippen LogP contribution in [0.15, 0.2) is 48.5 Å². The maximum absolute atomic E-state index is 10.8. The van der Waals surface area contributed by atoms with Crippen LogP contribution in [-0.4, -0.2) is 60.9 Å². The number of anilines is 1. The highest BCUT2D eigenvalue weighted by atomic mass is 16.6. The topological polar surface area (TPSA) is 137 Å². The number of para-hydroxylation sites is 2. The highest BCUT2D eigenvalue weighted by Gasteiger charge is 2.44. The molecular formula is C22H25N3O6. The number of imidazole rings is 1. The molecule has 1 aromatic heterocycles. The van der Waals surface area contributed by atoms with E-state index >= 15 is 0 Å². The molecule has 31 heavy (non-hydrogen) atoms. The predicted molar refractivity (Wildman–Crippen MR) is 112 cm³/mol. The molecule has 0 amide bonds. The van der Waals surface area contributed by atoms with E-state index in [1.807, 2.05) is 48.5 Å². The number of carboxylic acids is 1. The Morgan fingerprint density at radius 3 is 2.61 bits per heavy atom. The Labute approximate surface area is 178 Å². The summed E-state index contributed by atoms with van der Waals surface area (Å²) < 4.78 is 7.42. The Hall–Kier alpha value is -2.98. The van der Waals surface area contributed by atoms with Gasteiger partial charge >= 0.3 is 5.97 Å². The van der Waals surface area contributed by atoms with Crippen molar-refractivity contribution in [2.75, 3.05) is 11.9 Å². The van der Waals surface area contributed by atoms with E-state index in [9.17, 15) is 20.1 Å². The lowest BCUT2D eigenvalue weighted by atomic mass is 10.1. The zero-order valence-electron chi connectivity index (χ0n) is 16.8. The predicted octanol–water partition coefficient (Wildman–Crippen LogP) is 1.28. The van der Waals surface area contributed by atoms with E-state index in [1.54, 1.807) is 4.57 Å². The van der Waals surface area contributed by atoms with Crippen LogP contribution in [0.1, 0.15) is 23.8 Å². The monoisotopic (exact) mass is 427 g/mol. The Balaban J connectivity index is 1.60. The minimum absolute atomic E-state index is 0.0674. The van der Waals surface area contributed by atoms with Gasteiger partial charge in [-0.1, -0.05) is 36.4 Å². The van der Waals surface area contributed by atoms with Crippen molar-refractivity contribution in [3.05, 3.63) is 59.7 Å². The first-order chi connectivity index (χ1) is 15.0. The van der Waals surface area contributed by atoms with Gasteiger partial charge in [0, 0.05) is 13.0 Å². The first-order valence-electron chi connectivity index (χ1n) is 10.1. The van der Waals surface area contributed by atoms with Crippen molar-refractivity contribution < 1.29 is 30.0 Å². The van der Waals surface area contributed by atoms with Crippen LogP contribution in [0.3, 0.4) is 0 Å². The number of hydrogen-bond donors (Lipinski definition) is 5. The van der Waals surface area contributed by atoms with Crippen molar-refractivity contribution in [2.45, 2.75) is 43.9 Å². The van der Waals surface area contributed by atoms with E-state index in [2.05, 4.69) is 10.3 Å². The van der Waals surface area contributed by atoms with Crippen LogP contribution in [0.25, 0.3) is 11.0 Å². The molecule has 0 unspecified atom stereocenters. The minimum Gasteiger partial charge on any atom is -0.481 e. The van der Waals surface area contributed by atoms with Gasteiger partial charge in [0.05, 0.1) is 17.6 Å². The first-order valence-corrected chi connectivity index (χ1v) is 10.1. The minimum atomic E-state index is -1.23. The van der Waals surface area contributed by atoms with Gasteiger partial charge in [0.25, 0.3) is 0 Å². The molecule has 2 heterocycles. The summed E-state index contributed by atoms with van der Waals surface area (Å²) in [6.45, 7) is 0.00623. The summed E-state index contributed by atoms with van der Waals surface area (Å²) in [6, 6.07) is 15.0. The van der Waals surface area contributed by atoms with E-state index in [1.165, 1.54) is 0 Å². The van der Waals surface area contributed by atoms with Crippen molar-refractivity contribution in [3.8, 4) is 0 Å². The molecule has 1 saturated heterocycles. The van der Waals surface area contributed by atoms with Gasteiger partial charge in [-0.25, -0.2) is 4.98 Å². The molecular weight excluding hydrogens is 402 g/mol. The highest BCUT2D eigenvalue weighted by molar-refractivity contribution is 5.78. The van der Waals surface area contributed by atoms with Gasteiger partial charge in [0.15, 0.2) is 6.23 Å². The SMILES string of the molecule is O=C(O)CCc1cccc(CNc2nc3ccccc3n2[C@@H]2O[C@H](CO)[C@@H](O)[C@H]2O)c1. The largest absolute Gasteiger partial charge is 0.481 e. The number of aliphatic carboxylic acids is 1. The summed E-state index contributed by atoms with van der Waals surface area (Å²) >= 11 is 0. The average Bonchev–Trinajstić information content (AvgIpc) is 3.28. The third-order valence-corrected chi connectivity index (χ3v) is 5.44. The average molecular weight is 427 g/mol.